The first-order chi connectivity index (χ1) is 12.3. The van der Waals surface area contributed by atoms with Crippen LogP contribution in [0.5, 0.6) is 5.75 Å². The second-order valence-corrected chi connectivity index (χ2v) is 8.65. The second kappa shape index (κ2) is 7.87. The van der Waals surface area contributed by atoms with Gasteiger partial charge in [0.1, 0.15) is 11.4 Å². The minimum absolute atomic E-state index is 0.179. The fourth-order valence-electron chi connectivity index (χ4n) is 3.81. The molecule has 1 unspecified atom stereocenters. The summed E-state index contributed by atoms with van der Waals surface area (Å²) < 4.78 is 11.5. The summed E-state index contributed by atoms with van der Waals surface area (Å²) in [4.78, 5) is 16.7. The normalized spacial score (nSPS) is 24.1. The van der Waals surface area contributed by atoms with Crippen molar-refractivity contribution in [1.82, 2.24) is 9.80 Å². The zero-order valence-corrected chi connectivity index (χ0v) is 16.5. The van der Waals surface area contributed by atoms with E-state index < -0.39 is 5.60 Å². The Kier molecular flexibility index (Phi) is 5.76. The molecule has 2 fully saturated rings. The van der Waals surface area contributed by atoms with Crippen LogP contribution in [0, 0.1) is 12.8 Å². The van der Waals surface area contributed by atoms with Crippen molar-refractivity contribution in [3.05, 3.63) is 29.8 Å². The fraction of sp³-hybridized carbons (Fsp3) is 0.667. The van der Waals surface area contributed by atoms with Crippen LogP contribution in [0.2, 0.25) is 0 Å². The number of aryl methyl sites for hydroxylation is 1. The van der Waals surface area contributed by atoms with Crippen molar-refractivity contribution in [2.75, 3.05) is 32.8 Å². The van der Waals surface area contributed by atoms with E-state index in [0.717, 1.165) is 51.4 Å². The summed E-state index contributed by atoms with van der Waals surface area (Å²) in [5, 5.41) is 0. The molecule has 2 aliphatic rings. The van der Waals surface area contributed by atoms with Gasteiger partial charge in [-0.1, -0.05) is 12.1 Å². The van der Waals surface area contributed by atoms with E-state index in [1.165, 1.54) is 5.56 Å². The number of carbonyl (C=O) groups excluding carboxylic acids is 1. The van der Waals surface area contributed by atoms with Crippen LogP contribution in [0.25, 0.3) is 0 Å². The van der Waals surface area contributed by atoms with Gasteiger partial charge in [-0.25, -0.2) is 4.79 Å². The maximum Gasteiger partial charge on any atom is 0.410 e. The van der Waals surface area contributed by atoms with Crippen LogP contribution in [-0.2, 0) is 4.74 Å². The molecule has 2 aliphatic heterocycles. The molecular weight excluding hydrogens is 328 g/mol. The van der Waals surface area contributed by atoms with Crippen LogP contribution in [0.4, 0.5) is 4.79 Å². The Bertz CT molecular complexity index is 626. The van der Waals surface area contributed by atoms with Gasteiger partial charge in [0.25, 0.3) is 0 Å². The molecule has 0 aliphatic carbocycles. The van der Waals surface area contributed by atoms with Gasteiger partial charge in [0.05, 0.1) is 6.61 Å². The molecular formula is C21H32N2O3. The standard InChI is InChI=1S/C21H32N2O3/c1-16-6-5-7-19(12-16)25-15-17-8-9-18-14-23(11-10-22(18)13-17)20(24)26-21(2,3)4/h5-7,12,17-18H,8-11,13-15H2,1-4H3/t17?,18-/m0/s1. The predicted octanol–water partition coefficient (Wildman–Crippen LogP) is 3.71. The van der Waals surface area contributed by atoms with Crippen molar-refractivity contribution < 1.29 is 14.3 Å². The summed E-state index contributed by atoms with van der Waals surface area (Å²) in [6, 6.07) is 8.69. The number of fused-ring (bicyclic) bond motifs is 1. The third kappa shape index (κ3) is 5.13. The van der Waals surface area contributed by atoms with Crippen molar-refractivity contribution in [2.24, 2.45) is 5.92 Å². The third-order valence-corrected chi connectivity index (χ3v) is 5.13. The van der Waals surface area contributed by atoms with Crippen LogP contribution < -0.4 is 4.74 Å². The molecule has 2 heterocycles. The molecule has 2 atom stereocenters. The summed E-state index contributed by atoms with van der Waals surface area (Å²) in [7, 11) is 0. The van der Waals surface area contributed by atoms with E-state index in [2.05, 4.69) is 24.0 Å². The highest BCUT2D eigenvalue weighted by Crippen LogP contribution is 2.27. The summed E-state index contributed by atoms with van der Waals surface area (Å²) in [6.07, 6.45) is 2.08. The van der Waals surface area contributed by atoms with Gasteiger partial charge < -0.3 is 14.4 Å². The topological polar surface area (TPSA) is 42.0 Å². The Morgan fingerprint density at radius 2 is 2.00 bits per heavy atom. The van der Waals surface area contributed by atoms with E-state index in [4.69, 9.17) is 9.47 Å². The maximum absolute atomic E-state index is 12.3. The molecule has 26 heavy (non-hydrogen) atoms. The average Bonchev–Trinajstić information content (AvgIpc) is 2.58. The second-order valence-electron chi connectivity index (χ2n) is 8.65. The van der Waals surface area contributed by atoms with Gasteiger partial charge in [-0.2, -0.15) is 0 Å². The Labute approximate surface area is 157 Å². The Balaban J connectivity index is 1.47. The number of rotatable bonds is 3. The number of amides is 1. The number of hydrogen-bond donors (Lipinski definition) is 0. The number of carbonyl (C=O) groups is 1. The number of piperidine rings is 1. The third-order valence-electron chi connectivity index (χ3n) is 5.13. The lowest BCUT2D eigenvalue weighted by Crippen LogP contribution is -2.58. The van der Waals surface area contributed by atoms with Crippen molar-refractivity contribution in [3.8, 4) is 5.75 Å². The first kappa shape index (κ1) is 19.0. The van der Waals surface area contributed by atoms with Gasteiger partial charge in [-0.15, -0.1) is 0 Å². The van der Waals surface area contributed by atoms with E-state index >= 15 is 0 Å². The molecule has 5 nitrogen and oxygen atoms in total. The SMILES string of the molecule is Cc1cccc(OCC2CC[C@H]3CN(C(=O)OC(C)(C)C)CCN3C2)c1. The number of piperazine rings is 1. The van der Waals surface area contributed by atoms with Crippen molar-refractivity contribution >= 4 is 6.09 Å². The average molecular weight is 360 g/mol. The Morgan fingerprint density at radius 3 is 2.73 bits per heavy atom. The molecule has 3 rings (SSSR count). The number of ether oxygens (including phenoxy) is 2. The van der Waals surface area contributed by atoms with Crippen molar-refractivity contribution in [2.45, 2.75) is 52.2 Å². The summed E-state index contributed by atoms with van der Waals surface area (Å²) in [5.74, 6) is 1.52. The van der Waals surface area contributed by atoms with Crippen LogP contribution in [0.15, 0.2) is 24.3 Å². The largest absolute Gasteiger partial charge is 0.493 e. The molecule has 0 N–H and O–H groups in total. The first-order valence-corrected chi connectivity index (χ1v) is 9.71. The Morgan fingerprint density at radius 1 is 1.19 bits per heavy atom. The lowest BCUT2D eigenvalue weighted by Gasteiger charge is -2.46. The molecule has 1 aromatic rings. The quantitative estimate of drug-likeness (QED) is 0.824. The van der Waals surface area contributed by atoms with E-state index in [-0.39, 0.29) is 6.09 Å². The monoisotopic (exact) mass is 360 g/mol. The van der Waals surface area contributed by atoms with Gasteiger partial charge in [0.2, 0.25) is 0 Å². The number of nitrogens with zero attached hydrogens (tertiary/aromatic N) is 2. The van der Waals surface area contributed by atoms with Crippen LogP contribution >= 0.6 is 0 Å². The summed E-state index contributed by atoms with van der Waals surface area (Å²) >= 11 is 0. The molecule has 5 heteroatoms. The zero-order chi connectivity index (χ0) is 18.7. The van der Waals surface area contributed by atoms with Gasteiger partial charge >= 0.3 is 6.09 Å². The summed E-state index contributed by atoms with van der Waals surface area (Å²) in [6.45, 7) is 12.1. The minimum Gasteiger partial charge on any atom is -0.493 e. The minimum atomic E-state index is -0.432. The van der Waals surface area contributed by atoms with Crippen molar-refractivity contribution in [3.63, 3.8) is 0 Å². The number of benzene rings is 1. The molecule has 0 radical (unpaired) electrons. The first-order valence-electron chi connectivity index (χ1n) is 9.71. The van der Waals surface area contributed by atoms with E-state index in [0.29, 0.717) is 12.0 Å². The van der Waals surface area contributed by atoms with E-state index in [9.17, 15) is 4.79 Å². The van der Waals surface area contributed by atoms with Gasteiger partial charge in [0, 0.05) is 38.1 Å². The molecule has 0 aromatic heterocycles. The highest BCUT2D eigenvalue weighted by Gasteiger charge is 2.35. The van der Waals surface area contributed by atoms with Crippen LogP contribution in [0.3, 0.4) is 0 Å². The maximum atomic E-state index is 12.3. The predicted molar refractivity (Wildman–Crippen MR) is 103 cm³/mol. The molecule has 0 spiro atoms. The smallest absolute Gasteiger partial charge is 0.410 e. The molecule has 1 amide bonds. The molecule has 144 valence electrons. The van der Waals surface area contributed by atoms with Crippen LogP contribution in [0.1, 0.15) is 39.2 Å². The van der Waals surface area contributed by atoms with Crippen molar-refractivity contribution in [1.29, 1.82) is 0 Å². The molecule has 1 aromatic carbocycles. The molecule has 0 saturated carbocycles. The molecule has 0 bridgehead atoms. The van der Waals surface area contributed by atoms with E-state index in [1.54, 1.807) is 0 Å². The number of hydrogen-bond acceptors (Lipinski definition) is 4. The van der Waals surface area contributed by atoms with Gasteiger partial charge in [0.15, 0.2) is 0 Å². The van der Waals surface area contributed by atoms with Gasteiger partial charge in [-0.05, 0) is 58.2 Å². The zero-order valence-electron chi connectivity index (χ0n) is 16.5. The Hall–Kier alpha value is -1.75. The van der Waals surface area contributed by atoms with Gasteiger partial charge in [-0.3, -0.25) is 4.90 Å². The fourth-order valence-corrected chi connectivity index (χ4v) is 3.81. The lowest BCUT2D eigenvalue weighted by molar-refractivity contribution is -0.0122. The van der Waals surface area contributed by atoms with Crippen LogP contribution in [-0.4, -0.2) is 60.3 Å². The molecule has 2 saturated heterocycles. The lowest BCUT2D eigenvalue weighted by atomic mass is 9.91. The highest BCUT2D eigenvalue weighted by atomic mass is 16.6. The summed E-state index contributed by atoms with van der Waals surface area (Å²) in [5.41, 5.74) is 0.795. The highest BCUT2D eigenvalue weighted by molar-refractivity contribution is 5.68. The van der Waals surface area contributed by atoms with E-state index in [1.807, 2.05) is 37.8 Å².